The SMILES string of the molecule is CN1CCN(C(=O)[C@@H]2CN(S(=O)(=O)c3ccccc3)CCN2S(=O)(=O)c2ccccc2)CC1. The minimum atomic E-state index is -3.99. The number of rotatable bonds is 5. The van der Waals surface area contributed by atoms with Crippen molar-refractivity contribution in [3.63, 3.8) is 0 Å². The van der Waals surface area contributed by atoms with Crippen LogP contribution in [-0.4, -0.2) is 100 Å². The van der Waals surface area contributed by atoms with Crippen LogP contribution in [0.15, 0.2) is 70.5 Å². The Kier molecular flexibility index (Phi) is 6.87. The van der Waals surface area contributed by atoms with Crippen LogP contribution in [0.5, 0.6) is 0 Å². The Morgan fingerprint density at radius 1 is 0.727 bits per heavy atom. The van der Waals surface area contributed by atoms with E-state index in [-0.39, 0.29) is 35.3 Å². The smallest absolute Gasteiger partial charge is 0.243 e. The largest absolute Gasteiger partial charge is 0.339 e. The molecule has 11 heteroatoms. The summed E-state index contributed by atoms with van der Waals surface area (Å²) < 4.78 is 55.7. The van der Waals surface area contributed by atoms with Crippen LogP contribution in [-0.2, 0) is 24.8 Å². The van der Waals surface area contributed by atoms with Crippen molar-refractivity contribution in [3.05, 3.63) is 60.7 Å². The van der Waals surface area contributed by atoms with Gasteiger partial charge in [0, 0.05) is 45.8 Å². The number of carbonyl (C=O) groups excluding carboxylic acids is 1. The number of piperazine rings is 2. The molecule has 0 unspecified atom stereocenters. The van der Waals surface area contributed by atoms with Gasteiger partial charge in [0.2, 0.25) is 26.0 Å². The predicted molar refractivity (Wildman–Crippen MR) is 123 cm³/mol. The second kappa shape index (κ2) is 9.51. The number of carbonyl (C=O) groups is 1. The molecule has 2 heterocycles. The van der Waals surface area contributed by atoms with Gasteiger partial charge in [-0.3, -0.25) is 4.79 Å². The first-order valence-corrected chi connectivity index (χ1v) is 13.7. The fourth-order valence-electron chi connectivity index (χ4n) is 4.16. The molecule has 0 spiro atoms. The maximum absolute atomic E-state index is 13.5. The van der Waals surface area contributed by atoms with Gasteiger partial charge in [0.15, 0.2) is 0 Å². The van der Waals surface area contributed by atoms with Crippen molar-refractivity contribution < 1.29 is 21.6 Å². The third-order valence-corrected chi connectivity index (χ3v) is 9.93. The summed E-state index contributed by atoms with van der Waals surface area (Å²) in [4.78, 5) is 17.5. The molecule has 0 aromatic heterocycles. The number of hydrogen-bond donors (Lipinski definition) is 0. The Morgan fingerprint density at radius 3 is 1.79 bits per heavy atom. The molecule has 0 saturated carbocycles. The Labute approximate surface area is 195 Å². The molecule has 0 bridgehead atoms. The van der Waals surface area contributed by atoms with Crippen LogP contribution >= 0.6 is 0 Å². The van der Waals surface area contributed by atoms with E-state index in [1.165, 1.54) is 32.9 Å². The molecule has 1 amide bonds. The van der Waals surface area contributed by atoms with Crippen LogP contribution in [0.1, 0.15) is 0 Å². The monoisotopic (exact) mass is 492 g/mol. The molecule has 2 saturated heterocycles. The molecule has 2 aromatic carbocycles. The summed E-state index contributed by atoms with van der Waals surface area (Å²) in [6.07, 6.45) is 0. The topological polar surface area (TPSA) is 98.3 Å². The molecule has 9 nitrogen and oxygen atoms in total. The van der Waals surface area contributed by atoms with Gasteiger partial charge in [-0.05, 0) is 31.3 Å². The lowest BCUT2D eigenvalue weighted by Gasteiger charge is -2.42. The van der Waals surface area contributed by atoms with Crippen molar-refractivity contribution in [1.29, 1.82) is 0 Å². The fourth-order valence-corrected chi connectivity index (χ4v) is 7.20. The highest BCUT2D eigenvalue weighted by Crippen LogP contribution is 2.26. The van der Waals surface area contributed by atoms with E-state index < -0.39 is 26.1 Å². The quantitative estimate of drug-likeness (QED) is 0.604. The third-order valence-electron chi connectivity index (χ3n) is 6.12. The van der Waals surface area contributed by atoms with Gasteiger partial charge in [-0.2, -0.15) is 8.61 Å². The van der Waals surface area contributed by atoms with Crippen LogP contribution in [0.25, 0.3) is 0 Å². The number of likely N-dealkylation sites (N-methyl/N-ethyl adjacent to an activating group) is 1. The second-order valence-corrected chi connectivity index (χ2v) is 12.1. The first-order valence-electron chi connectivity index (χ1n) is 10.8. The number of hydrogen-bond acceptors (Lipinski definition) is 6. The lowest BCUT2D eigenvalue weighted by molar-refractivity contribution is -0.138. The van der Waals surface area contributed by atoms with E-state index >= 15 is 0 Å². The van der Waals surface area contributed by atoms with E-state index in [1.54, 1.807) is 41.3 Å². The first kappa shape index (κ1) is 23.8. The average molecular weight is 493 g/mol. The van der Waals surface area contributed by atoms with E-state index in [1.807, 2.05) is 7.05 Å². The van der Waals surface area contributed by atoms with Crippen molar-refractivity contribution in [1.82, 2.24) is 18.4 Å². The summed E-state index contributed by atoms with van der Waals surface area (Å²) in [7, 11) is -5.89. The van der Waals surface area contributed by atoms with E-state index in [0.29, 0.717) is 26.2 Å². The third kappa shape index (κ3) is 4.82. The van der Waals surface area contributed by atoms with Crippen LogP contribution in [0.3, 0.4) is 0 Å². The summed E-state index contributed by atoms with van der Waals surface area (Å²) in [5, 5.41) is 0. The van der Waals surface area contributed by atoms with Gasteiger partial charge in [0.25, 0.3) is 0 Å². The highest BCUT2D eigenvalue weighted by Gasteiger charge is 2.44. The van der Waals surface area contributed by atoms with Crippen LogP contribution in [0.2, 0.25) is 0 Å². The molecule has 2 aliphatic rings. The zero-order valence-electron chi connectivity index (χ0n) is 18.4. The first-order chi connectivity index (χ1) is 15.7. The Hall–Kier alpha value is -2.31. The van der Waals surface area contributed by atoms with Crippen LogP contribution < -0.4 is 0 Å². The normalized spacial score (nSPS) is 21.7. The standard InChI is InChI=1S/C22H28N4O5S2/c1-23-12-14-24(15-13-23)22(27)21-18-25(32(28,29)19-8-4-2-5-9-19)16-17-26(21)33(30,31)20-10-6-3-7-11-20/h2-11,21H,12-18H2,1H3/t21-/m0/s1. The minimum absolute atomic E-state index is 0.0319. The van der Waals surface area contributed by atoms with Gasteiger partial charge in [0.1, 0.15) is 6.04 Å². The van der Waals surface area contributed by atoms with E-state index in [4.69, 9.17) is 0 Å². The number of benzene rings is 2. The van der Waals surface area contributed by atoms with E-state index in [0.717, 1.165) is 0 Å². The van der Waals surface area contributed by atoms with E-state index in [2.05, 4.69) is 4.90 Å². The second-order valence-electron chi connectivity index (χ2n) is 8.25. The molecule has 1 atom stereocenters. The van der Waals surface area contributed by atoms with Gasteiger partial charge in [-0.1, -0.05) is 36.4 Å². The van der Waals surface area contributed by atoms with Gasteiger partial charge >= 0.3 is 0 Å². The van der Waals surface area contributed by atoms with Crippen molar-refractivity contribution in [3.8, 4) is 0 Å². The summed E-state index contributed by atoms with van der Waals surface area (Å²) in [6, 6.07) is 14.8. The maximum Gasteiger partial charge on any atom is 0.243 e. The molecular weight excluding hydrogens is 464 g/mol. The fraction of sp³-hybridized carbons (Fsp3) is 0.409. The zero-order valence-corrected chi connectivity index (χ0v) is 20.1. The summed E-state index contributed by atoms with van der Waals surface area (Å²) in [5.74, 6) is -0.365. The maximum atomic E-state index is 13.5. The highest BCUT2D eigenvalue weighted by molar-refractivity contribution is 7.89. The van der Waals surface area contributed by atoms with Gasteiger partial charge in [0.05, 0.1) is 9.79 Å². The molecular formula is C22H28N4O5S2. The summed E-state index contributed by atoms with van der Waals surface area (Å²) >= 11 is 0. The van der Waals surface area contributed by atoms with E-state index in [9.17, 15) is 21.6 Å². The lowest BCUT2D eigenvalue weighted by Crippen LogP contribution is -2.63. The highest BCUT2D eigenvalue weighted by atomic mass is 32.2. The Morgan fingerprint density at radius 2 is 1.24 bits per heavy atom. The summed E-state index contributed by atoms with van der Waals surface area (Å²) in [5.41, 5.74) is 0. The molecule has 33 heavy (non-hydrogen) atoms. The van der Waals surface area contributed by atoms with Gasteiger partial charge in [-0.25, -0.2) is 16.8 Å². The molecule has 0 radical (unpaired) electrons. The summed E-state index contributed by atoms with van der Waals surface area (Å²) in [6.45, 7) is 1.93. The number of amides is 1. The average Bonchev–Trinajstić information content (AvgIpc) is 2.84. The number of nitrogens with zero attached hydrogens (tertiary/aromatic N) is 4. The van der Waals surface area contributed by atoms with Crippen LogP contribution in [0, 0.1) is 0 Å². The molecule has 2 aliphatic heterocycles. The minimum Gasteiger partial charge on any atom is -0.339 e. The molecule has 2 fully saturated rings. The molecule has 4 rings (SSSR count). The molecule has 178 valence electrons. The van der Waals surface area contributed by atoms with Gasteiger partial charge < -0.3 is 9.80 Å². The van der Waals surface area contributed by atoms with Crippen LogP contribution in [0.4, 0.5) is 0 Å². The Bertz CT molecular complexity index is 1180. The lowest BCUT2D eigenvalue weighted by atomic mass is 10.2. The molecule has 0 aliphatic carbocycles. The van der Waals surface area contributed by atoms with Crippen molar-refractivity contribution in [2.24, 2.45) is 0 Å². The zero-order chi connectivity index (χ0) is 23.6. The van der Waals surface area contributed by atoms with Crippen molar-refractivity contribution in [2.75, 3.05) is 52.9 Å². The predicted octanol–water partition coefficient (Wildman–Crippen LogP) is 0.524. The number of sulfonamides is 2. The van der Waals surface area contributed by atoms with Crippen molar-refractivity contribution in [2.45, 2.75) is 15.8 Å². The molecule has 2 aromatic rings. The van der Waals surface area contributed by atoms with Gasteiger partial charge in [-0.15, -0.1) is 0 Å². The molecule has 0 N–H and O–H groups in total. The van der Waals surface area contributed by atoms with Crippen molar-refractivity contribution >= 4 is 26.0 Å². The Balaban J connectivity index is 1.67.